The van der Waals surface area contributed by atoms with E-state index in [1.165, 1.54) is 0 Å². The minimum atomic E-state index is -1.22. The van der Waals surface area contributed by atoms with Gasteiger partial charge in [0, 0.05) is 33.7 Å². The number of hydrogen-bond acceptors (Lipinski definition) is 6. The first-order chi connectivity index (χ1) is 10.6. The van der Waals surface area contributed by atoms with Gasteiger partial charge in [0.05, 0.1) is 6.42 Å². The van der Waals surface area contributed by atoms with Gasteiger partial charge in [0.2, 0.25) is 12.3 Å². The van der Waals surface area contributed by atoms with Crippen LogP contribution < -0.4 is 16.4 Å². The van der Waals surface area contributed by atoms with E-state index in [4.69, 9.17) is 15.6 Å². The SMILES string of the molecule is C[Si](C)(C)CCOC(O)N[C@@H](CCN)CNC(=O)CCC(=O)O. The maximum atomic E-state index is 11.5. The van der Waals surface area contributed by atoms with Crippen LogP contribution in [0.25, 0.3) is 0 Å². The van der Waals surface area contributed by atoms with Crippen molar-refractivity contribution >= 4 is 20.0 Å². The maximum Gasteiger partial charge on any atom is 0.303 e. The number of nitrogens with two attached hydrogens (primary N) is 1. The van der Waals surface area contributed by atoms with Gasteiger partial charge in [0.15, 0.2) is 0 Å². The summed E-state index contributed by atoms with van der Waals surface area (Å²) in [6.45, 7) is 7.79. The summed E-state index contributed by atoms with van der Waals surface area (Å²) in [5.41, 5.74) is 5.52. The Kier molecular flexibility index (Phi) is 11.0. The quantitative estimate of drug-likeness (QED) is 0.232. The number of carbonyl (C=O) groups is 2. The Bertz CT molecular complexity index is 363. The number of ether oxygens (including phenoxy) is 1. The summed E-state index contributed by atoms with van der Waals surface area (Å²) in [5, 5.41) is 23.9. The van der Waals surface area contributed by atoms with Crippen LogP contribution in [0.4, 0.5) is 0 Å². The number of nitrogens with one attached hydrogen (secondary N) is 2. The van der Waals surface area contributed by atoms with E-state index < -0.39 is 20.5 Å². The molecule has 0 aromatic rings. The fourth-order valence-corrected chi connectivity index (χ4v) is 2.45. The molecule has 1 unspecified atom stereocenters. The molecule has 8 nitrogen and oxygen atoms in total. The van der Waals surface area contributed by atoms with Gasteiger partial charge in [-0.1, -0.05) is 19.6 Å². The van der Waals surface area contributed by atoms with E-state index in [2.05, 4.69) is 30.3 Å². The third kappa shape index (κ3) is 14.3. The van der Waals surface area contributed by atoms with Gasteiger partial charge < -0.3 is 26.0 Å². The summed E-state index contributed by atoms with van der Waals surface area (Å²) in [6.07, 6.45) is -0.838. The second-order valence-corrected chi connectivity index (χ2v) is 12.3. The molecule has 0 aromatic carbocycles. The molecule has 0 saturated heterocycles. The Morgan fingerprint density at radius 1 is 1.26 bits per heavy atom. The Morgan fingerprint density at radius 3 is 2.43 bits per heavy atom. The molecular formula is C14H31N3O5Si. The summed E-state index contributed by atoms with van der Waals surface area (Å²) in [6, 6.07) is 0.704. The molecule has 6 N–H and O–H groups in total. The van der Waals surface area contributed by atoms with E-state index in [0.717, 1.165) is 6.04 Å². The average molecular weight is 350 g/mol. The van der Waals surface area contributed by atoms with Crippen molar-refractivity contribution in [2.75, 3.05) is 19.7 Å². The largest absolute Gasteiger partial charge is 0.481 e. The van der Waals surface area contributed by atoms with Crippen LogP contribution in [0.15, 0.2) is 0 Å². The first-order valence-electron chi connectivity index (χ1n) is 7.88. The Balaban J connectivity index is 4.09. The van der Waals surface area contributed by atoms with Crippen molar-refractivity contribution in [2.24, 2.45) is 5.73 Å². The highest BCUT2D eigenvalue weighted by Gasteiger charge is 2.17. The number of carboxylic acid groups (broad SMARTS) is 1. The smallest absolute Gasteiger partial charge is 0.303 e. The van der Waals surface area contributed by atoms with Crippen LogP contribution in [0.3, 0.4) is 0 Å². The highest BCUT2D eigenvalue weighted by Crippen LogP contribution is 2.08. The fourth-order valence-electron chi connectivity index (χ4n) is 1.72. The third-order valence-corrected chi connectivity index (χ3v) is 4.84. The van der Waals surface area contributed by atoms with Crippen molar-refractivity contribution in [3.05, 3.63) is 0 Å². The first kappa shape index (κ1) is 22.0. The number of rotatable bonds is 13. The third-order valence-electron chi connectivity index (χ3n) is 3.13. The molecule has 9 heteroatoms. The second-order valence-electron chi connectivity index (χ2n) is 6.67. The molecule has 0 heterocycles. The summed E-state index contributed by atoms with van der Waals surface area (Å²) < 4.78 is 5.33. The average Bonchev–Trinajstić information content (AvgIpc) is 2.41. The van der Waals surface area contributed by atoms with E-state index in [-0.39, 0.29) is 31.3 Å². The molecule has 0 aliphatic heterocycles. The number of carbonyl (C=O) groups excluding carboxylic acids is 1. The molecule has 136 valence electrons. The van der Waals surface area contributed by atoms with Gasteiger partial charge in [-0.3, -0.25) is 14.9 Å². The molecule has 0 aliphatic carbocycles. The zero-order valence-corrected chi connectivity index (χ0v) is 15.3. The zero-order chi connectivity index (χ0) is 17.9. The molecule has 0 bridgehead atoms. The van der Waals surface area contributed by atoms with Crippen molar-refractivity contribution in [2.45, 2.75) is 57.4 Å². The molecule has 0 fully saturated rings. The van der Waals surface area contributed by atoms with Gasteiger partial charge in [-0.2, -0.15) is 0 Å². The topological polar surface area (TPSA) is 134 Å². The molecule has 2 atom stereocenters. The first-order valence-corrected chi connectivity index (χ1v) is 11.6. The van der Waals surface area contributed by atoms with Crippen LogP contribution in [0.2, 0.25) is 25.7 Å². The van der Waals surface area contributed by atoms with Crippen molar-refractivity contribution < 1.29 is 24.5 Å². The molecule has 23 heavy (non-hydrogen) atoms. The van der Waals surface area contributed by atoms with Crippen LogP contribution in [0, 0.1) is 0 Å². The fraction of sp³-hybridized carbons (Fsp3) is 0.857. The molecule has 0 aliphatic rings. The lowest BCUT2D eigenvalue weighted by atomic mass is 10.2. The standard InChI is InChI=1S/C14H31N3O5Si/c1-23(2,3)9-8-22-14(21)17-11(6-7-15)10-16-12(18)4-5-13(19)20/h11,14,17,21H,4-10,15H2,1-3H3,(H,16,18)(H,19,20)/t11-,14?/m0/s1. The number of aliphatic carboxylic acids is 1. The van der Waals surface area contributed by atoms with Crippen molar-refractivity contribution in [1.29, 1.82) is 0 Å². The van der Waals surface area contributed by atoms with Gasteiger partial charge in [-0.05, 0) is 19.0 Å². The van der Waals surface area contributed by atoms with Gasteiger partial charge >= 0.3 is 5.97 Å². The second kappa shape index (κ2) is 11.5. The normalized spacial score (nSPS) is 14.3. The highest BCUT2D eigenvalue weighted by atomic mass is 28.3. The summed E-state index contributed by atoms with van der Waals surface area (Å²) in [4.78, 5) is 21.9. The number of amides is 1. The Labute approximate surface area is 138 Å². The maximum absolute atomic E-state index is 11.5. The minimum Gasteiger partial charge on any atom is -0.481 e. The van der Waals surface area contributed by atoms with Crippen molar-refractivity contribution in [3.63, 3.8) is 0 Å². The van der Waals surface area contributed by atoms with Crippen molar-refractivity contribution in [3.8, 4) is 0 Å². The van der Waals surface area contributed by atoms with Gasteiger partial charge in [0.25, 0.3) is 0 Å². The molecule has 0 rings (SSSR count). The number of aliphatic hydroxyl groups is 1. The molecular weight excluding hydrogens is 318 g/mol. The summed E-state index contributed by atoms with van der Waals surface area (Å²) >= 11 is 0. The highest BCUT2D eigenvalue weighted by molar-refractivity contribution is 6.76. The van der Waals surface area contributed by atoms with E-state index >= 15 is 0 Å². The van der Waals surface area contributed by atoms with Gasteiger partial charge in [0.1, 0.15) is 0 Å². The minimum absolute atomic E-state index is 0.0695. The zero-order valence-electron chi connectivity index (χ0n) is 14.3. The number of aliphatic hydroxyl groups excluding tert-OH is 1. The molecule has 1 amide bonds. The summed E-state index contributed by atoms with van der Waals surface area (Å²) in [5.74, 6) is -1.35. The van der Waals surface area contributed by atoms with E-state index in [9.17, 15) is 14.7 Å². The predicted molar refractivity (Wildman–Crippen MR) is 90.6 cm³/mol. The van der Waals surface area contributed by atoms with Crippen LogP contribution in [-0.2, 0) is 14.3 Å². The van der Waals surface area contributed by atoms with E-state index in [1.54, 1.807) is 0 Å². The molecule has 0 saturated carbocycles. The monoisotopic (exact) mass is 349 g/mol. The molecule has 0 radical (unpaired) electrons. The predicted octanol–water partition coefficient (Wildman–Crippen LogP) is -0.0949. The van der Waals surface area contributed by atoms with Crippen LogP contribution in [0.5, 0.6) is 0 Å². The number of carboxylic acids is 1. The van der Waals surface area contributed by atoms with Gasteiger partial charge in [-0.15, -0.1) is 0 Å². The Hall–Kier alpha value is -1.00. The van der Waals surface area contributed by atoms with E-state index in [1.807, 2.05) is 0 Å². The molecule has 0 aromatic heterocycles. The lowest BCUT2D eigenvalue weighted by Gasteiger charge is -2.23. The van der Waals surface area contributed by atoms with E-state index in [0.29, 0.717) is 19.6 Å². The van der Waals surface area contributed by atoms with Gasteiger partial charge in [-0.25, -0.2) is 0 Å². The van der Waals surface area contributed by atoms with Crippen LogP contribution in [-0.4, -0.2) is 62.3 Å². The Morgan fingerprint density at radius 2 is 1.91 bits per heavy atom. The lowest BCUT2D eigenvalue weighted by molar-refractivity contribution is -0.138. The lowest BCUT2D eigenvalue weighted by Crippen LogP contribution is -2.47. The summed E-state index contributed by atoms with van der Waals surface area (Å²) in [7, 11) is -1.22. The molecule has 0 spiro atoms. The van der Waals surface area contributed by atoms with Crippen LogP contribution >= 0.6 is 0 Å². The van der Waals surface area contributed by atoms with Crippen LogP contribution in [0.1, 0.15) is 19.3 Å². The van der Waals surface area contributed by atoms with Crippen molar-refractivity contribution in [1.82, 2.24) is 10.6 Å². The number of hydrogen-bond donors (Lipinski definition) is 5.